The van der Waals surface area contributed by atoms with Crippen molar-refractivity contribution in [1.82, 2.24) is 0 Å². The molecule has 1 fully saturated rings. The van der Waals surface area contributed by atoms with Gasteiger partial charge in [-0.25, -0.2) is 0 Å². The third kappa shape index (κ3) is 3.79. The standard InChI is InChI=1S/C20H21F3O5S2/c21-20(22,23)11-3-1-10(2-4-11)7-12-8-13-14(29-12)5-6-28-19(13)18(27)17(26)16(25)15(9-24)30-19/h1-4,8,15-18,24-27H,5-7,9H2/t15?,16-,17?,18-,19+/m1/s1. The largest absolute Gasteiger partial charge is 0.416 e. The number of benzene rings is 1. The van der Waals surface area contributed by atoms with Gasteiger partial charge in [0.15, 0.2) is 4.93 Å². The first-order valence-corrected chi connectivity index (χ1v) is 11.1. The average Bonchev–Trinajstić information content (AvgIpc) is 3.12. The SMILES string of the molecule is OCC1S[C@]2(OCCc3sc(Cc4ccc(C(F)(F)F)cc4)cc32)[C@H](O)C(O)[C@@H]1O. The Morgan fingerprint density at radius 1 is 1.10 bits per heavy atom. The summed E-state index contributed by atoms with van der Waals surface area (Å²) in [6, 6.07) is 6.83. The molecule has 5 atom stereocenters. The Kier molecular flexibility index (Phi) is 5.95. The zero-order valence-electron chi connectivity index (χ0n) is 15.7. The minimum atomic E-state index is -4.38. The van der Waals surface area contributed by atoms with Crippen molar-refractivity contribution in [2.75, 3.05) is 13.2 Å². The maximum Gasteiger partial charge on any atom is 0.416 e. The summed E-state index contributed by atoms with van der Waals surface area (Å²) in [6.45, 7) is -0.0864. The number of hydrogen-bond donors (Lipinski definition) is 4. The summed E-state index contributed by atoms with van der Waals surface area (Å²) < 4.78 is 44.2. The van der Waals surface area contributed by atoms with E-state index in [2.05, 4.69) is 0 Å². The number of aliphatic hydroxyl groups is 4. The van der Waals surface area contributed by atoms with Gasteiger partial charge in [0, 0.05) is 28.2 Å². The lowest BCUT2D eigenvalue weighted by atomic mass is 9.92. The van der Waals surface area contributed by atoms with E-state index >= 15 is 0 Å². The molecule has 1 spiro atoms. The van der Waals surface area contributed by atoms with Crippen LogP contribution >= 0.6 is 23.1 Å². The van der Waals surface area contributed by atoms with Gasteiger partial charge in [0.05, 0.1) is 30.1 Å². The van der Waals surface area contributed by atoms with Crippen LogP contribution in [0.5, 0.6) is 0 Å². The number of thiophene rings is 1. The highest BCUT2D eigenvalue weighted by Crippen LogP contribution is 2.53. The lowest BCUT2D eigenvalue weighted by Gasteiger charge is -2.49. The molecular weight excluding hydrogens is 441 g/mol. The third-order valence-corrected chi connectivity index (χ3v) is 8.35. The fourth-order valence-electron chi connectivity index (χ4n) is 3.92. The number of thioether (sulfide) groups is 1. The number of alkyl halides is 3. The van der Waals surface area contributed by atoms with Gasteiger partial charge in [-0.3, -0.25) is 0 Å². The molecule has 4 rings (SSSR count). The first-order valence-electron chi connectivity index (χ1n) is 9.40. The van der Waals surface area contributed by atoms with E-state index in [0.29, 0.717) is 25.0 Å². The highest BCUT2D eigenvalue weighted by Gasteiger charge is 2.57. The number of ether oxygens (including phenoxy) is 1. The van der Waals surface area contributed by atoms with Gasteiger partial charge in [-0.2, -0.15) is 13.2 Å². The van der Waals surface area contributed by atoms with Gasteiger partial charge in [0.2, 0.25) is 0 Å². The van der Waals surface area contributed by atoms with Gasteiger partial charge < -0.3 is 25.2 Å². The van der Waals surface area contributed by atoms with E-state index in [0.717, 1.165) is 39.2 Å². The van der Waals surface area contributed by atoms with E-state index in [-0.39, 0.29) is 0 Å². The molecule has 0 amide bonds. The zero-order chi connectivity index (χ0) is 21.7. The van der Waals surface area contributed by atoms with E-state index < -0.39 is 46.8 Å². The molecule has 10 heteroatoms. The molecule has 2 aromatic rings. The van der Waals surface area contributed by atoms with E-state index in [1.54, 1.807) is 0 Å². The van der Waals surface area contributed by atoms with Crippen LogP contribution in [0.1, 0.15) is 26.4 Å². The van der Waals surface area contributed by atoms with Crippen molar-refractivity contribution < 1.29 is 38.3 Å². The molecular formula is C20H21F3O5S2. The molecule has 0 bridgehead atoms. The molecule has 2 aliphatic heterocycles. The molecule has 0 radical (unpaired) electrons. The summed E-state index contributed by atoms with van der Waals surface area (Å²) in [6.07, 6.45) is -7.53. The maximum atomic E-state index is 12.8. The first kappa shape index (κ1) is 22.1. The number of aliphatic hydroxyl groups excluding tert-OH is 4. The average molecular weight is 463 g/mol. The minimum Gasteiger partial charge on any atom is -0.395 e. The molecule has 0 saturated carbocycles. The second kappa shape index (κ2) is 8.09. The van der Waals surface area contributed by atoms with E-state index in [9.17, 15) is 33.6 Å². The Bertz CT molecular complexity index is 899. The minimum absolute atomic E-state index is 0.304. The number of fused-ring (bicyclic) bond motifs is 2. The third-order valence-electron chi connectivity index (χ3n) is 5.49. The summed E-state index contributed by atoms with van der Waals surface area (Å²) in [5, 5.41) is 40.1. The van der Waals surface area contributed by atoms with Crippen LogP contribution in [0.3, 0.4) is 0 Å². The van der Waals surface area contributed by atoms with Gasteiger partial charge in [0.25, 0.3) is 0 Å². The molecule has 1 aromatic heterocycles. The smallest absolute Gasteiger partial charge is 0.395 e. The molecule has 4 N–H and O–H groups in total. The molecule has 30 heavy (non-hydrogen) atoms. The molecule has 5 nitrogen and oxygen atoms in total. The van der Waals surface area contributed by atoms with Gasteiger partial charge in [-0.05, 0) is 23.8 Å². The van der Waals surface area contributed by atoms with Crippen molar-refractivity contribution in [2.45, 2.75) is 47.5 Å². The van der Waals surface area contributed by atoms with Crippen LogP contribution in [0.2, 0.25) is 0 Å². The van der Waals surface area contributed by atoms with E-state index in [4.69, 9.17) is 4.74 Å². The van der Waals surface area contributed by atoms with Gasteiger partial charge in [-0.15, -0.1) is 23.1 Å². The quantitative estimate of drug-likeness (QED) is 0.560. The number of halogens is 3. The Morgan fingerprint density at radius 3 is 2.43 bits per heavy atom. The first-order chi connectivity index (χ1) is 14.2. The van der Waals surface area contributed by atoms with Crippen LogP contribution in [0.25, 0.3) is 0 Å². The van der Waals surface area contributed by atoms with Crippen molar-refractivity contribution >= 4 is 23.1 Å². The van der Waals surface area contributed by atoms with Crippen molar-refractivity contribution in [3.8, 4) is 0 Å². The molecule has 164 valence electrons. The molecule has 0 aliphatic carbocycles. The van der Waals surface area contributed by atoms with Gasteiger partial charge in [-0.1, -0.05) is 12.1 Å². The predicted octanol–water partition coefficient (Wildman–Crippen LogP) is 2.27. The van der Waals surface area contributed by atoms with Crippen LogP contribution in [0.4, 0.5) is 13.2 Å². The second-order valence-electron chi connectivity index (χ2n) is 7.45. The van der Waals surface area contributed by atoms with Gasteiger partial charge in [0.1, 0.15) is 12.2 Å². The Hall–Kier alpha value is -1.14. The Morgan fingerprint density at radius 2 is 1.80 bits per heavy atom. The fraction of sp³-hybridized carbons (Fsp3) is 0.500. The summed E-state index contributed by atoms with van der Waals surface area (Å²) in [7, 11) is 0. The molecule has 3 heterocycles. The van der Waals surface area contributed by atoms with Gasteiger partial charge >= 0.3 is 6.18 Å². The normalized spacial score (nSPS) is 31.7. The number of rotatable bonds is 3. The Labute approximate surface area is 179 Å². The van der Waals surface area contributed by atoms with Crippen molar-refractivity contribution in [2.24, 2.45) is 0 Å². The fourth-order valence-corrected chi connectivity index (χ4v) is 6.79. The number of hydrogen-bond acceptors (Lipinski definition) is 7. The van der Waals surface area contributed by atoms with Crippen LogP contribution in [0.15, 0.2) is 30.3 Å². The zero-order valence-corrected chi connectivity index (χ0v) is 17.3. The Balaban J connectivity index is 1.63. The van der Waals surface area contributed by atoms with E-state index in [1.165, 1.54) is 23.5 Å². The van der Waals surface area contributed by atoms with Crippen molar-refractivity contribution in [3.63, 3.8) is 0 Å². The van der Waals surface area contributed by atoms with Crippen molar-refractivity contribution in [3.05, 3.63) is 56.8 Å². The molecule has 1 saturated heterocycles. The van der Waals surface area contributed by atoms with Crippen LogP contribution in [0, 0.1) is 0 Å². The summed E-state index contributed by atoms with van der Waals surface area (Å²) >= 11 is 2.58. The lowest BCUT2D eigenvalue weighted by molar-refractivity contribution is -0.155. The summed E-state index contributed by atoms with van der Waals surface area (Å²) in [4.78, 5) is 0.530. The molecule has 2 unspecified atom stereocenters. The lowest BCUT2D eigenvalue weighted by Crippen LogP contribution is -2.60. The second-order valence-corrected chi connectivity index (χ2v) is 10.1. The van der Waals surface area contributed by atoms with Crippen LogP contribution < -0.4 is 0 Å². The van der Waals surface area contributed by atoms with Crippen LogP contribution in [-0.2, 0) is 28.7 Å². The maximum absolute atomic E-state index is 12.8. The summed E-state index contributed by atoms with van der Waals surface area (Å²) in [5.74, 6) is 0. The highest BCUT2D eigenvalue weighted by atomic mass is 32.2. The van der Waals surface area contributed by atoms with E-state index in [1.807, 2.05) is 6.07 Å². The predicted molar refractivity (Wildman–Crippen MR) is 106 cm³/mol. The summed E-state index contributed by atoms with van der Waals surface area (Å²) in [5.41, 5.74) is 0.702. The monoisotopic (exact) mass is 462 g/mol. The molecule has 2 aliphatic rings. The van der Waals surface area contributed by atoms with Crippen molar-refractivity contribution in [1.29, 1.82) is 0 Å². The van der Waals surface area contributed by atoms with Crippen LogP contribution in [-0.4, -0.2) is 57.2 Å². The highest BCUT2D eigenvalue weighted by molar-refractivity contribution is 8.00. The molecule has 1 aromatic carbocycles. The topological polar surface area (TPSA) is 90.2 Å².